The summed E-state index contributed by atoms with van der Waals surface area (Å²) >= 11 is 0. The molecule has 4 rings (SSSR count). The molecule has 7 heteroatoms. The van der Waals surface area contributed by atoms with Gasteiger partial charge in [0.2, 0.25) is 0 Å². The predicted octanol–water partition coefficient (Wildman–Crippen LogP) is 1.94. The Morgan fingerprint density at radius 2 is 1.96 bits per heavy atom. The average molecular weight is 325 g/mol. The van der Waals surface area contributed by atoms with Crippen LogP contribution in [-0.2, 0) is 4.74 Å². The molecular formula is C17H19N5O2. The molecule has 0 amide bonds. The molecule has 24 heavy (non-hydrogen) atoms. The van der Waals surface area contributed by atoms with Crippen molar-refractivity contribution in [1.29, 1.82) is 0 Å². The Kier molecular flexibility index (Phi) is 3.78. The van der Waals surface area contributed by atoms with Crippen LogP contribution in [0, 0.1) is 6.92 Å². The molecule has 3 aromatic rings. The van der Waals surface area contributed by atoms with Crippen LogP contribution in [0.2, 0.25) is 0 Å². The van der Waals surface area contributed by atoms with Gasteiger partial charge in [-0.05, 0) is 13.0 Å². The van der Waals surface area contributed by atoms with Crippen LogP contribution in [0.5, 0.6) is 5.75 Å². The molecule has 0 unspecified atom stereocenters. The number of pyridine rings is 1. The molecule has 124 valence electrons. The molecule has 0 aliphatic carbocycles. The standard InChI is InChI=1S/C17H19N5O2/c1-12-10-22-11-15(13-7-14(23-2)9-18-8-13)20-17(16(22)19-12)21-3-5-24-6-4-21/h7-11H,3-6H2,1-2H3. The van der Waals surface area contributed by atoms with Crippen molar-refractivity contribution in [3.63, 3.8) is 0 Å². The van der Waals surface area contributed by atoms with Gasteiger partial charge in [-0.25, -0.2) is 9.97 Å². The highest BCUT2D eigenvalue weighted by Gasteiger charge is 2.19. The van der Waals surface area contributed by atoms with E-state index >= 15 is 0 Å². The lowest BCUT2D eigenvalue weighted by atomic mass is 10.2. The summed E-state index contributed by atoms with van der Waals surface area (Å²) in [6.45, 7) is 5.03. The van der Waals surface area contributed by atoms with Crippen molar-refractivity contribution in [1.82, 2.24) is 19.4 Å². The van der Waals surface area contributed by atoms with E-state index in [1.54, 1.807) is 19.5 Å². The van der Waals surface area contributed by atoms with Crippen molar-refractivity contribution in [3.05, 3.63) is 36.5 Å². The van der Waals surface area contributed by atoms with E-state index < -0.39 is 0 Å². The van der Waals surface area contributed by atoms with Gasteiger partial charge in [0.25, 0.3) is 0 Å². The first-order chi connectivity index (χ1) is 11.7. The van der Waals surface area contributed by atoms with Gasteiger partial charge in [0.15, 0.2) is 11.5 Å². The summed E-state index contributed by atoms with van der Waals surface area (Å²) in [7, 11) is 1.63. The summed E-state index contributed by atoms with van der Waals surface area (Å²) in [5, 5.41) is 0. The van der Waals surface area contributed by atoms with Gasteiger partial charge >= 0.3 is 0 Å². The first-order valence-corrected chi connectivity index (χ1v) is 7.93. The number of fused-ring (bicyclic) bond motifs is 1. The van der Waals surface area contributed by atoms with Gasteiger partial charge in [-0.3, -0.25) is 4.98 Å². The second-order valence-corrected chi connectivity index (χ2v) is 5.78. The molecule has 1 saturated heterocycles. The Morgan fingerprint density at radius 3 is 2.75 bits per heavy atom. The molecular weight excluding hydrogens is 306 g/mol. The Balaban J connectivity index is 1.86. The van der Waals surface area contributed by atoms with Crippen LogP contribution in [0.25, 0.3) is 16.9 Å². The fourth-order valence-corrected chi connectivity index (χ4v) is 2.90. The van der Waals surface area contributed by atoms with E-state index in [0.717, 1.165) is 41.5 Å². The lowest BCUT2D eigenvalue weighted by Gasteiger charge is -2.28. The van der Waals surface area contributed by atoms with E-state index in [-0.39, 0.29) is 0 Å². The van der Waals surface area contributed by atoms with Gasteiger partial charge in [0, 0.05) is 37.2 Å². The number of rotatable bonds is 3. The van der Waals surface area contributed by atoms with Gasteiger partial charge in [-0.2, -0.15) is 0 Å². The number of anilines is 1. The van der Waals surface area contributed by atoms with Crippen molar-refractivity contribution in [3.8, 4) is 17.0 Å². The maximum absolute atomic E-state index is 5.46. The molecule has 1 aliphatic heterocycles. The highest BCUT2D eigenvalue weighted by molar-refractivity contribution is 5.70. The van der Waals surface area contributed by atoms with Crippen LogP contribution in [0.4, 0.5) is 5.82 Å². The first kappa shape index (κ1) is 14.9. The normalized spacial score (nSPS) is 15.0. The molecule has 0 saturated carbocycles. The molecule has 0 aromatic carbocycles. The third-order valence-corrected chi connectivity index (χ3v) is 4.10. The third-order valence-electron chi connectivity index (χ3n) is 4.10. The summed E-state index contributed by atoms with van der Waals surface area (Å²) in [6, 6.07) is 1.94. The number of nitrogens with zero attached hydrogens (tertiary/aromatic N) is 5. The largest absolute Gasteiger partial charge is 0.495 e. The number of aryl methyl sites for hydroxylation is 1. The Labute approximate surface area is 139 Å². The molecule has 0 spiro atoms. The van der Waals surface area contributed by atoms with Crippen molar-refractivity contribution >= 4 is 11.5 Å². The van der Waals surface area contributed by atoms with Crippen LogP contribution < -0.4 is 9.64 Å². The van der Waals surface area contributed by atoms with Gasteiger partial charge in [0.05, 0.1) is 37.9 Å². The maximum atomic E-state index is 5.46. The van der Waals surface area contributed by atoms with Crippen molar-refractivity contribution in [2.45, 2.75) is 6.92 Å². The minimum absolute atomic E-state index is 0.707. The highest BCUT2D eigenvalue weighted by atomic mass is 16.5. The highest BCUT2D eigenvalue weighted by Crippen LogP contribution is 2.27. The topological polar surface area (TPSA) is 64.8 Å². The second kappa shape index (κ2) is 6.09. The lowest BCUT2D eigenvalue weighted by molar-refractivity contribution is 0.122. The van der Waals surface area contributed by atoms with Crippen LogP contribution in [0.1, 0.15) is 5.69 Å². The van der Waals surface area contributed by atoms with Gasteiger partial charge in [-0.1, -0.05) is 0 Å². The Bertz CT molecular complexity index is 871. The van der Waals surface area contributed by atoms with Gasteiger partial charge in [-0.15, -0.1) is 0 Å². The number of ether oxygens (including phenoxy) is 2. The van der Waals surface area contributed by atoms with Crippen LogP contribution in [0.3, 0.4) is 0 Å². The lowest BCUT2D eigenvalue weighted by Crippen LogP contribution is -2.37. The van der Waals surface area contributed by atoms with Crippen molar-refractivity contribution < 1.29 is 9.47 Å². The van der Waals surface area contributed by atoms with E-state index in [1.165, 1.54) is 0 Å². The molecule has 0 N–H and O–H groups in total. The van der Waals surface area contributed by atoms with Crippen molar-refractivity contribution in [2.24, 2.45) is 0 Å². The smallest absolute Gasteiger partial charge is 0.180 e. The second-order valence-electron chi connectivity index (χ2n) is 5.78. The van der Waals surface area contributed by atoms with Crippen LogP contribution >= 0.6 is 0 Å². The molecule has 0 radical (unpaired) electrons. The zero-order valence-electron chi connectivity index (χ0n) is 13.8. The number of hydrogen-bond acceptors (Lipinski definition) is 6. The van der Waals surface area contributed by atoms with Crippen LogP contribution in [-0.4, -0.2) is 52.8 Å². The molecule has 0 bridgehead atoms. The number of methoxy groups -OCH3 is 1. The summed E-state index contributed by atoms with van der Waals surface area (Å²) in [6.07, 6.45) is 7.48. The molecule has 3 aromatic heterocycles. The van der Waals surface area contributed by atoms with E-state index in [4.69, 9.17) is 14.5 Å². The molecule has 1 fully saturated rings. The number of imidazole rings is 1. The zero-order valence-corrected chi connectivity index (χ0v) is 13.8. The Hall–Kier alpha value is -2.67. The third kappa shape index (κ3) is 2.67. The Morgan fingerprint density at radius 1 is 1.12 bits per heavy atom. The average Bonchev–Trinajstić information content (AvgIpc) is 3.01. The number of aromatic nitrogens is 4. The zero-order chi connectivity index (χ0) is 16.5. The summed E-state index contributed by atoms with van der Waals surface area (Å²) in [5.41, 5.74) is 3.59. The minimum atomic E-state index is 0.707. The van der Waals surface area contributed by atoms with E-state index in [0.29, 0.717) is 19.0 Å². The SMILES string of the molecule is COc1cncc(-c2cn3cc(C)nc3c(N3CCOCC3)n2)c1. The fraction of sp³-hybridized carbons (Fsp3) is 0.353. The fourth-order valence-electron chi connectivity index (χ4n) is 2.90. The van der Waals surface area contributed by atoms with Crippen LogP contribution in [0.15, 0.2) is 30.9 Å². The summed E-state index contributed by atoms with van der Waals surface area (Å²) in [4.78, 5) is 16.0. The predicted molar refractivity (Wildman–Crippen MR) is 90.5 cm³/mol. The molecule has 7 nitrogen and oxygen atoms in total. The van der Waals surface area contributed by atoms with Gasteiger partial charge < -0.3 is 18.8 Å². The van der Waals surface area contributed by atoms with Gasteiger partial charge in [0.1, 0.15) is 5.75 Å². The monoisotopic (exact) mass is 325 g/mol. The van der Waals surface area contributed by atoms with Crippen molar-refractivity contribution in [2.75, 3.05) is 38.3 Å². The van der Waals surface area contributed by atoms with E-state index in [2.05, 4.69) is 14.9 Å². The minimum Gasteiger partial charge on any atom is -0.495 e. The maximum Gasteiger partial charge on any atom is 0.180 e. The van der Waals surface area contributed by atoms with E-state index in [1.807, 2.05) is 29.8 Å². The molecule has 1 aliphatic rings. The molecule has 0 atom stereocenters. The first-order valence-electron chi connectivity index (χ1n) is 7.93. The van der Waals surface area contributed by atoms with E-state index in [9.17, 15) is 0 Å². The quantitative estimate of drug-likeness (QED) is 0.733. The number of hydrogen-bond donors (Lipinski definition) is 0. The molecule has 4 heterocycles. The summed E-state index contributed by atoms with van der Waals surface area (Å²) in [5.74, 6) is 1.59. The number of morpholine rings is 1. The summed E-state index contributed by atoms with van der Waals surface area (Å²) < 4.78 is 12.8.